The molecule has 1 aliphatic rings. The molecular weight excluding hydrogens is 465 g/mol. The first-order valence-electron chi connectivity index (χ1n) is 10.8. The van der Waals surface area contributed by atoms with Crippen LogP contribution in [0.25, 0.3) is 5.76 Å². The van der Waals surface area contributed by atoms with Crippen LogP contribution in [0.15, 0.2) is 42.0 Å². The average Bonchev–Trinajstić information content (AvgIpc) is 3.01. The zero-order valence-corrected chi connectivity index (χ0v) is 20.5. The Kier molecular flexibility index (Phi) is 7.92. The second-order valence-electron chi connectivity index (χ2n) is 8.05. The molecule has 1 fully saturated rings. The number of carbonyl (C=O) groups is 2. The van der Waals surface area contributed by atoms with E-state index >= 15 is 0 Å². The van der Waals surface area contributed by atoms with E-state index in [-0.39, 0.29) is 38.8 Å². The fourth-order valence-corrected chi connectivity index (χ4v) is 4.47. The van der Waals surface area contributed by atoms with Crippen LogP contribution in [0.3, 0.4) is 0 Å². The van der Waals surface area contributed by atoms with Crippen LogP contribution in [-0.2, 0) is 9.59 Å². The van der Waals surface area contributed by atoms with Gasteiger partial charge in [0.25, 0.3) is 11.7 Å². The number of hydrogen-bond acceptors (Lipinski definition) is 5. The van der Waals surface area contributed by atoms with Crippen molar-refractivity contribution >= 4 is 40.7 Å². The number of amides is 1. The first-order valence-corrected chi connectivity index (χ1v) is 11.5. The lowest BCUT2D eigenvalue weighted by atomic mass is 9.95. The van der Waals surface area contributed by atoms with E-state index in [9.17, 15) is 14.7 Å². The van der Waals surface area contributed by atoms with Gasteiger partial charge in [-0.15, -0.1) is 0 Å². The maximum Gasteiger partial charge on any atom is 0.295 e. The third-order valence-electron chi connectivity index (χ3n) is 5.34. The van der Waals surface area contributed by atoms with Gasteiger partial charge < -0.3 is 19.5 Å². The minimum atomic E-state index is -0.751. The minimum absolute atomic E-state index is 0.00840. The topological polar surface area (TPSA) is 76.1 Å². The van der Waals surface area contributed by atoms with E-state index in [1.165, 1.54) is 24.1 Å². The van der Waals surface area contributed by atoms with Crippen LogP contribution in [-0.4, -0.2) is 41.5 Å². The van der Waals surface area contributed by atoms with Crippen molar-refractivity contribution in [3.63, 3.8) is 0 Å². The van der Waals surface area contributed by atoms with E-state index in [0.717, 1.165) is 12.8 Å². The van der Waals surface area contributed by atoms with E-state index in [4.69, 9.17) is 32.7 Å². The molecule has 3 rings (SSSR count). The highest BCUT2D eigenvalue weighted by Crippen LogP contribution is 2.42. The van der Waals surface area contributed by atoms with Gasteiger partial charge in [0.15, 0.2) is 5.75 Å². The van der Waals surface area contributed by atoms with Crippen LogP contribution < -0.4 is 9.47 Å². The van der Waals surface area contributed by atoms with E-state index in [1.54, 1.807) is 24.3 Å². The number of benzene rings is 2. The summed E-state index contributed by atoms with van der Waals surface area (Å²) in [5.74, 6) is -0.808. The van der Waals surface area contributed by atoms with Gasteiger partial charge in [-0.2, -0.15) is 0 Å². The van der Waals surface area contributed by atoms with Gasteiger partial charge in [-0.05, 0) is 50.1 Å². The Morgan fingerprint density at radius 2 is 1.73 bits per heavy atom. The predicted octanol–water partition coefficient (Wildman–Crippen LogP) is 6.01. The first kappa shape index (κ1) is 24.9. The van der Waals surface area contributed by atoms with Gasteiger partial charge in [0.05, 0.1) is 34.9 Å². The van der Waals surface area contributed by atoms with Crippen molar-refractivity contribution in [2.45, 2.75) is 45.8 Å². The van der Waals surface area contributed by atoms with Crippen molar-refractivity contribution in [3.05, 3.63) is 63.1 Å². The van der Waals surface area contributed by atoms with Gasteiger partial charge >= 0.3 is 0 Å². The second kappa shape index (κ2) is 10.5. The Labute approximate surface area is 203 Å². The number of methoxy groups -OCH3 is 1. The molecule has 0 spiro atoms. The second-order valence-corrected chi connectivity index (χ2v) is 8.87. The Morgan fingerprint density at radius 3 is 2.24 bits per heavy atom. The van der Waals surface area contributed by atoms with Crippen LogP contribution in [0.1, 0.15) is 50.8 Å². The molecule has 2 aromatic rings. The first-order chi connectivity index (χ1) is 15.7. The molecule has 2 aromatic carbocycles. The van der Waals surface area contributed by atoms with Gasteiger partial charge in [0.2, 0.25) is 0 Å². The lowest BCUT2D eigenvalue weighted by Crippen LogP contribution is -2.30. The van der Waals surface area contributed by atoms with Crippen LogP contribution in [0.5, 0.6) is 11.5 Å². The average molecular weight is 492 g/mol. The number of aliphatic hydroxyl groups is 1. The molecule has 1 aliphatic heterocycles. The molecule has 1 saturated heterocycles. The summed E-state index contributed by atoms with van der Waals surface area (Å²) in [6.07, 6.45) is 1.58. The highest BCUT2D eigenvalue weighted by Gasteiger charge is 2.45. The molecule has 6 nitrogen and oxygen atoms in total. The molecule has 1 unspecified atom stereocenters. The monoisotopic (exact) mass is 491 g/mol. The summed E-state index contributed by atoms with van der Waals surface area (Å²) in [5, 5.41) is 11.5. The third-order valence-corrected chi connectivity index (χ3v) is 5.90. The highest BCUT2D eigenvalue weighted by molar-refractivity contribution is 6.46. The summed E-state index contributed by atoms with van der Waals surface area (Å²) in [6.45, 7) is 6.25. The predicted molar refractivity (Wildman–Crippen MR) is 129 cm³/mol. The summed E-state index contributed by atoms with van der Waals surface area (Å²) >= 11 is 12.5. The molecule has 1 N–H and O–H groups in total. The van der Waals surface area contributed by atoms with Crippen molar-refractivity contribution in [2.75, 3.05) is 13.7 Å². The van der Waals surface area contributed by atoms with Gasteiger partial charge in [0.1, 0.15) is 11.5 Å². The number of hydrogen-bond donors (Lipinski definition) is 1. The fourth-order valence-electron chi connectivity index (χ4n) is 3.83. The number of likely N-dealkylation sites (tertiary alicyclic amines) is 1. The molecule has 33 heavy (non-hydrogen) atoms. The Morgan fingerprint density at radius 1 is 1.12 bits per heavy atom. The largest absolute Gasteiger partial charge is 0.507 e. The van der Waals surface area contributed by atoms with Gasteiger partial charge in [-0.25, -0.2) is 0 Å². The molecule has 8 heteroatoms. The number of carbonyl (C=O) groups excluding carboxylic acids is 2. The Balaban J connectivity index is 2.14. The molecule has 176 valence electrons. The minimum Gasteiger partial charge on any atom is -0.507 e. The number of aliphatic hydroxyl groups excluding tert-OH is 1. The third kappa shape index (κ3) is 5.12. The standard InChI is InChI=1S/C25H27Cl2NO5/c1-5-6-11-28-21(15-7-9-17(10-8-15)33-14(2)3)20(23(30)25(28)31)22(29)16-12-18(26)24(32-4)19(27)13-16/h7-10,12-14,21,29H,5-6,11H2,1-4H3/b22-20+. The van der Waals surface area contributed by atoms with Crippen molar-refractivity contribution in [2.24, 2.45) is 0 Å². The van der Waals surface area contributed by atoms with Crippen molar-refractivity contribution in [1.82, 2.24) is 4.90 Å². The fraction of sp³-hybridized carbons (Fsp3) is 0.360. The number of Topliss-reactive ketones (excluding diaryl/α,β-unsaturated/α-hetero) is 1. The number of ketones is 1. The SMILES string of the molecule is CCCCN1C(=O)C(=O)/C(=C(/O)c2cc(Cl)c(OC)c(Cl)c2)C1c1ccc(OC(C)C)cc1. The van der Waals surface area contributed by atoms with Gasteiger partial charge in [-0.1, -0.05) is 48.7 Å². The zero-order chi connectivity index (χ0) is 24.3. The number of ether oxygens (including phenoxy) is 2. The Hall–Kier alpha value is -2.70. The Bertz CT molecular complexity index is 1060. The van der Waals surface area contributed by atoms with Crippen molar-refractivity contribution in [3.8, 4) is 11.5 Å². The molecule has 0 aromatic heterocycles. The molecule has 0 saturated carbocycles. The molecule has 1 heterocycles. The summed E-state index contributed by atoms with van der Waals surface area (Å²) in [6, 6.07) is 9.34. The zero-order valence-electron chi connectivity index (χ0n) is 19.0. The molecular formula is C25H27Cl2NO5. The molecule has 1 atom stereocenters. The van der Waals surface area contributed by atoms with E-state index in [2.05, 4.69) is 0 Å². The van der Waals surface area contributed by atoms with Crippen LogP contribution in [0.2, 0.25) is 10.0 Å². The maximum absolute atomic E-state index is 13.1. The lowest BCUT2D eigenvalue weighted by molar-refractivity contribution is -0.139. The number of nitrogens with zero attached hydrogens (tertiary/aromatic N) is 1. The molecule has 0 radical (unpaired) electrons. The number of unbranched alkanes of at least 4 members (excludes halogenated alkanes) is 1. The van der Waals surface area contributed by atoms with E-state index in [1.807, 2.05) is 20.8 Å². The number of halogens is 2. The summed E-state index contributed by atoms with van der Waals surface area (Å²) < 4.78 is 10.9. The van der Waals surface area contributed by atoms with Crippen LogP contribution in [0.4, 0.5) is 0 Å². The van der Waals surface area contributed by atoms with Crippen LogP contribution in [0, 0.1) is 0 Å². The number of rotatable bonds is 8. The quantitative estimate of drug-likeness (QED) is 0.278. The van der Waals surface area contributed by atoms with E-state index in [0.29, 0.717) is 17.9 Å². The van der Waals surface area contributed by atoms with Gasteiger partial charge in [0, 0.05) is 12.1 Å². The summed E-state index contributed by atoms with van der Waals surface area (Å²) in [4.78, 5) is 27.5. The molecule has 0 bridgehead atoms. The van der Waals surface area contributed by atoms with E-state index < -0.39 is 17.7 Å². The molecule has 1 amide bonds. The highest BCUT2D eigenvalue weighted by atomic mass is 35.5. The normalized spacial score (nSPS) is 17.7. The summed E-state index contributed by atoms with van der Waals surface area (Å²) in [5.41, 5.74) is 0.906. The maximum atomic E-state index is 13.1. The van der Waals surface area contributed by atoms with Gasteiger partial charge in [-0.3, -0.25) is 9.59 Å². The van der Waals surface area contributed by atoms with Crippen molar-refractivity contribution < 1.29 is 24.2 Å². The van der Waals surface area contributed by atoms with Crippen molar-refractivity contribution in [1.29, 1.82) is 0 Å². The molecule has 0 aliphatic carbocycles. The lowest BCUT2D eigenvalue weighted by Gasteiger charge is -2.25. The summed E-state index contributed by atoms with van der Waals surface area (Å²) in [7, 11) is 1.43. The van der Waals surface area contributed by atoms with Crippen LogP contribution >= 0.6 is 23.2 Å². The smallest absolute Gasteiger partial charge is 0.295 e.